The van der Waals surface area contributed by atoms with Gasteiger partial charge in [0.2, 0.25) is 0 Å². The van der Waals surface area contributed by atoms with Crippen LogP contribution in [0, 0.1) is 0 Å². The number of pyridine rings is 1. The predicted octanol–water partition coefficient (Wildman–Crippen LogP) is 13.9. The average molecular weight is 743 g/mol. The molecule has 0 fully saturated rings. The fourth-order valence-corrected chi connectivity index (χ4v) is 8.96. The van der Waals surface area contributed by atoms with Crippen LogP contribution in [0.5, 0.6) is 0 Å². The van der Waals surface area contributed by atoms with Crippen LogP contribution in [0.4, 0.5) is 0 Å². The van der Waals surface area contributed by atoms with Crippen molar-refractivity contribution in [2.24, 2.45) is 0 Å². The number of para-hydroxylation sites is 1. The first-order valence-corrected chi connectivity index (χ1v) is 19.7. The highest BCUT2D eigenvalue weighted by atomic mass is 16.3. The number of rotatable bonds is 4. The third-order valence-corrected chi connectivity index (χ3v) is 11.8. The summed E-state index contributed by atoms with van der Waals surface area (Å²) >= 11 is 0. The Hall–Kier alpha value is -7.63. The molecule has 0 N–H and O–H groups in total. The van der Waals surface area contributed by atoms with Gasteiger partial charge in [-0.2, -0.15) is 0 Å². The SMILES string of the molecule is CC1=C(c2nc3cc(-c4ccc5c(c4)c4ccccc4c4nc6cc7c(cn6c54)oc4ccccc47)c(-c4ccccc4)cc3nc2-c2ccccc2)C=CC=CC1. The van der Waals surface area contributed by atoms with Gasteiger partial charge in [0.25, 0.3) is 0 Å². The molecule has 0 bridgehead atoms. The van der Waals surface area contributed by atoms with Crippen LogP contribution < -0.4 is 0 Å². The fourth-order valence-electron chi connectivity index (χ4n) is 8.96. The first kappa shape index (κ1) is 32.6. The summed E-state index contributed by atoms with van der Waals surface area (Å²) in [6.45, 7) is 2.19. The van der Waals surface area contributed by atoms with Gasteiger partial charge in [0.05, 0.1) is 39.7 Å². The second-order valence-corrected chi connectivity index (χ2v) is 15.2. The van der Waals surface area contributed by atoms with Crippen molar-refractivity contribution in [1.29, 1.82) is 0 Å². The Kier molecular flexibility index (Phi) is 7.14. The van der Waals surface area contributed by atoms with Crippen molar-refractivity contribution < 1.29 is 4.42 Å². The maximum atomic E-state index is 6.37. The zero-order valence-electron chi connectivity index (χ0n) is 31.6. The molecule has 0 atom stereocenters. The van der Waals surface area contributed by atoms with E-state index >= 15 is 0 Å². The van der Waals surface area contributed by atoms with Crippen molar-refractivity contribution in [3.63, 3.8) is 0 Å². The summed E-state index contributed by atoms with van der Waals surface area (Å²) in [5.74, 6) is 0. The molecule has 272 valence electrons. The first-order valence-electron chi connectivity index (χ1n) is 19.7. The van der Waals surface area contributed by atoms with Crippen molar-refractivity contribution in [3.8, 4) is 33.5 Å². The average Bonchev–Trinajstić information content (AvgIpc) is 3.76. The van der Waals surface area contributed by atoms with E-state index in [-0.39, 0.29) is 0 Å². The molecule has 0 amide bonds. The zero-order chi connectivity index (χ0) is 38.3. The smallest absolute Gasteiger partial charge is 0.152 e. The minimum Gasteiger partial charge on any atom is -0.455 e. The van der Waals surface area contributed by atoms with E-state index in [1.54, 1.807) is 0 Å². The molecule has 0 spiro atoms. The van der Waals surface area contributed by atoms with Crippen LogP contribution in [-0.4, -0.2) is 19.4 Å². The fraction of sp³-hybridized carbons (Fsp3) is 0.0377. The maximum Gasteiger partial charge on any atom is 0.152 e. The van der Waals surface area contributed by atoms with Gasteiger partial charge in [0, 0.05) is 32.7 Å². The monoisotopic (exact) mass is 742 g/mol. The van der Waals surface area contributed by atoms with Gasteiger partial charge < -0.3 is 4.42 Å². The first-order chi connectivity index (χ1) is 28.7. The lowest BCUT2D eigenvalue weighted by Crippen LogP contribution is -2.00. The van der Waals surface area contributed by atoms with Crippen LogP contribution >= 0.6 is 0 Å². The molecule has 0 unspecified atom stereocenters. The van der Waals surface area contributed by atoms with Crippen LogP contribution in [0.2, 0.25) is 0 Å². The number of hydrogen-bond acceptors (Lipinski definition) is 4. The predicted molar refractivity (Wildman–Crippen MR) is 240 cm³/mol. The number of fused-ring (bicyclic) bond motifs is 12. The standard InChI is InChI=1S/C53H34N4O/c1-32-15-5-2-10-20-36(32)51-50(34-18-8-4-9-19-34)54-45-28-41(33-16-6-3-7-17-33)42(29-46(45)55-51)35-25-26-40-43(27-35)37-21-11-12-23-39(37)52-53(40)57-31-48-44(30-49(57)56-52)38-22-13-14-24-47(38)58-48/h2-14,16-31H,15H2,1H3. The summed E-state index contributed by atoms with van der Waals surface area (Å²) in [5, 5.41) is 6.74. The molecule has 0 radical (unpaired) electrons. The lowest BCUT2D eigenvalue weighted by atomic mass is 9.90. The molecule has 11 aromatic rings. The summed E-state index contributed by atoms with van der Waals surface area (Å²) < 4.78 is 8.57. The van der Waals surface area contributed by atoms with Crippen LogP contribution in [0.1, 0.15) is 19.0 Å². The Balaban J connectivity index is 1.13. The van der Waals surface area contributed by atoms with Gasteiger partial charge in [0.1, 0.15) is 11.2 Å². The molecule has 7 aromatic carbocycles. The normalized spacial score (nSPS) is 13.3. The second-order valence-electron chi connectivity index (χ2n) is 15.2. The van der Waals surface area contributed by atoms with E-state index in [0.29, 0.717) is 0 Å². The molecule has 0 saturated heterocycles. The van der Waals surface area contributed by atoms with E-state index in [1.807, 2.05) is 18.2 Å². The number of aromatic nitrogens is 4. The van der Waals surface area contributed by atoms with E-state index in [0.717, 1.165) is 122 Å². The Morgan fingerprint density at radius 1 is 0.517 bits per heavy atom. The topological polar surface area (TPSA) is 56.2 Å². The minimum absolute atomic E-state index is 0.840. The van der Waals surface area contributed by atoms with Gasteiger partial charge in [-0.15, -0.1) is 0 Å². The number of nitrogens with zero attached hydrogens (tertiary/aromatic N) is 4. The summed E-state index contributed by atoms with van der Waals surface area (Å²) in [5.41, 5.74) is 16.0. The molecule has 4 heterocycles. The molecule has 58 heavy (non-hydrogen) atoms. The van der Waals surface area contributed by atoms with Crippen LogP contribution in [0.15, 0.2) is 186 Å². The number of furan rings is 1. The van der Waals surface area contributed by atoms with Crippen molar-refractivity contribution in [2.45, 2.75) is 13.3 Å². The van der Waals surface area contributed by atoms with Gasteiger partial charge in [-0.3, -0.25) is 4.40 Å². The molecule has 5 nitrogen and oxygen atoms in total. The Bertz CT molecular complexity index is 3590. The summed E-state index contributed by atoms with van der Waals surface area (Å²) in [4.78, 5) is 16.2. The van der Waals surface area contributed by atoms with Crippen LogP contribution in [-0.2, 0) is 0 Å². The van der Waals surface area contributed by atoms with Gasteiger partial charge in [0.15, 0.2) is 5.58 Å². The molecule has 5 heteroatoms. The minimum atomic E-state index is 0.840. The quantitative estimate of drug-likeness (QED) is 0.169. The molecule has 4 aromatic heterocycles. The van der Waals surface area contributed by atoms with Crippen LogP contribution in [0.3, 0.4) is 0 Å². The van der Waals surface area contributed by atoms with Crippen LogP contribution in [0.25, 0.3) is 110 Å². The molecular weight excluding hydrogens is 709 g/mol. The Morgan fingerprint density at radius 2 is 1.21 bits per heavy atom. The van der Waals surface area contributed by atoms with E-state index < -0.39 is 0 Å². The highest BCUT2D eigenvalue weighted by molar-refractivity contribution is 6.25. The number of hydrogen-bond donors (Lipinski definition) is 0. The Labute approximate surface area is 333 Å². The largest absolute Gasteiger partial charge is 0.455 e. The molecule has 0 aliphatic heterocycles. The molecule has 1 aliphatic rings. The summed E-state index contributed by atoms with van der Waals surface area (Å²) in [7, 11) is 0. The van der Waals surface area contributed by atoms with E-state index in [4.69, 9.17) is 19.4 Å². The van der Waals surface area contributed by atoms with Gasteiger partial charge >= 0.3 is 0 Å². The number of benzene rings is 7. The van der Waals surface area contributed by atoms with Gasteiger partial charge in [-0.05, 0) is 76.7 Å². The molecule has 0 saturated carbocycles. The van der Waals surface area contributed by atoms with Crippen molar-refractivity contribution >= 4 is 76.8 Å². The molecule has 12 rings (SSSR count). The van der Waals surface area contributed by atoms with E-state index in [9.17, 15) is 0 Å². The van der Waals surface area contributed by atoms with E-state index in [1.165, 1.54) is 5.57 Å². The van der Waals surface area contributed by atoms with Crippen molar-refractivity contribution in [1.82, 2.24) is 19.4 Å². The maximum absolute atomic E-state index is 6.37. The summed E-state index contributed by atoms with van der Waals surface area (Å²) in [6, 6.07) is 51.4. The van der Waals surface area contributed by atoms with Crippen molar-refractivity contribution in [3.05, 3.63) is 187 Å². The lowest BCUT2D eigenvalue weighted by Gasteiger charge is -2.17. The highest BCUT2D eigenvalue weighted by Crippen LogP contribution is 2.42. The lowest BCUT2D eigenvalue weighted by molar-refractivity contribution is 0.666. The summed E-state index contributed by atoms with van der Waals surface area (Å²) in [6.07, 6.45) is 11.6. The highest BCUT2D eigenvalue weighted by Gasteiger charge is 2.21. The van der Waals surface area contributed by atoms with Gasteiger partial charge in [-0.1, -0.05) is 145 Å². The Morgan fingerprint density at radius 3 is 2.02 bits per heavy atom. The zero-order valence-corrected chi connectivity index (χ0v) is 31.6. The van der Waals surface area contributed by atoms with E-state index in [2.05, 4.69) is 169 Å². The second kappa shape index (κ2) is 12.7. The third kappa shape index (κ3) is 5.00. The third-order valence-electron chi connectivity index (χ3n) is 11.8. The number of imidazole rings is 1. The van der Waals surface area contributed by atoms with Crippen molar-refractivity contribution in [2.75, 3.05) is 0 Å². The number of allylic oxidation sites excluding steroid dienone is 6. The molecule has 1 aliphatic carbocycles. The van der Waals surface area contributed by atoms with Gasteiger partial charge in [-0.25, -0.2) is 15.0 Å². The molecular formula is C53H34N4O.